The van der Waals surface area contributed by atoms with E-state index >= 15 is 0 Å². The molecule has 1 fully saturated rings. The molecule has 0 amide bonds. The van der Waals surface area contributed by atoms with Gasteiger partial charge in [-0.15, -0.1) is 0 Å². The van der Waals surface area contributed by atoms with E-state index in [4.69, 9.17) is 33.2 Å². The van der Waals surface area contributed by atoms with Crippen LogP contribution in [0.3, 0.4) is 0 Å². The quantitative estimate of drug-likeness (QED) is 0.695. The van der Waals surface area contributed by atoms with E-state index in [0.717, 1.165) is 11.1 Å². The fourth-order valence-electron chi connectivity index (χ4n) is 2.90. The number of benzene rings is 2. The Morgan fingerprint density at radius 2 is 0.871 bits per heavy atom. The molecule has 1 aliphatic heterocycles. The summed E-state index contributed by atoms with van der Waals surface area (Å²) in [5.74, 6) is 0. The highest BCUT2D eigenvalue weighted by Crippen LogP contribution is 2.14. The minimum absolute atomic E-state index is 0.352. The molecule has 31 heavy (non-hydrogen) atoms. The van der Waals surface area contributed by atoms with Crippen LogP contribution in [0.25, 0.3) is 0 Å². The summed E-state index contributed by atoms with van der Waals surface area (Å²) in [7, 11) is 0. The van der Waals surface area contributed by atoms with Gasteiger partial charge in [-0.05, 0) is 11.1 Å². The Labute approximate surface area is 184 Å². The molecule has 0 spiro atoms. The first-order chi connectivity index (χ1) is 15.4. The van der Waals surface area contributed by atoms with Crippen molar-refractivity contribution in [3.05, 3.63) is 71.8 Å². The molecule has 1 saturated heterocycles. The molecule has 0 aliphatic carbocycles. The fourth-order valence-corrected chi connectivity index (χ4v) is 2.90. The van der Waals surface area contributed by atoms with Crippen molar-refractivity contribution in [3.8, 4) is 0 Å². The fraction of sp³-hybridized carbons (Fsp3) is 0.500. The lowest BCUT2D eigenvalue weighted by Gasteiger charge is -2.27. The molecule has 0 saturated carbocycles. The van der Waals surface area contributed by atoms with Crippen molar-refractivity contribution in [2.45, 2.75) is 25.8 Å². The van der Waals surface area contributed by atoms with Gasteiger partial charge in [-0.2, -0.15) is 0 Å². The summed E-state index contributed by atoms with van der Waals surface area (Å²) in [5.41, 5.74) is 2.08. The first-order valence-electron chi connectivity index (χ1n) is 10.7. The zero-order valence-electron chi connectivity index (χ0n) is 17.9. The highest BCUT2D eigenvalue weighted by molar-refractivity contribution is 5.14. The van der Waals surface area contributed by atoms with Gasteiger partial charge in [-0.3, -0.25) is 0 Å². The Balaban J connectivity index is 1.63. The van der Waals surface area contributed by atoms with E-state index in [1.807, 2.05) is 60.7 Å². The van der Waals surface area contributed by atoms with Crippen LogP contribution in [0.2, 0.25) is 0 Å². The Morgan fingerprint density at radius 1 is 0.516 bits per heavy atom. The van der Waals surface area contributed by atoms with Gasteiger partial charge in [0.2, 0.25) is 12.6 Å². The zero-order valence-corrected chi connectivity index (χ0v) is 17.9. The summed E-state index contributed by atoms with van der Waals surface area (Å²) in [6, 6.07) is 19.9. The predicted molar refractivity (Wildman–Crippen MR) is 114 cm³/mol. The van der Waals surface area contributed by atoms with Gasteiger partial charge < -0.3 is 33.2 Å². The van der Waals surface area contributed by atoms with Crippen molar-refractivity contribution >= 4 is 0 Å². The molecule has 3 rings (SSSR count). The van der Waals surface area contributed by atoms with Crippen LogP contribution in [0.5, 0.6) is 0 Å². The lowest BCUT2D eigenvalue weighted by atomic mass is 10.2. The second-order valence-electron chi connectivity index (χ2n) is 6.91. The summed E-state index contributed by atoms with van der Waals surface area (Å²) >= 11 is 0. The van der Waals surface area contributed by atoms with Crippen LogP contribution in [0, 0.1) is 0 Å². The molecule has 0 bridgehead atoms. The van der Waals surface area contributed by atoms with Crippen LogP contribution in [0.4, 0.5) is 0 Å². The van der Waals surface area contributed by atoms with E-state index in [-0.39, 0.29) is 0 Å². The SMILES string of the molecule is c1ccc(COC2OCCOCCOCCOCCOC2OCc2ccccc2)cc1. The highest BCUT2D eigenvalue weighted by atomic mass is 16.8. The Morgan fingerprint density at radius 3 is 1.26 bits per heavy atom. The topological polar surface area (TPSA) is 64.6 Å². The van der Waals surface area contributed by atoms with Gasteiger partial charge >= 0.3 is 0 Å². The maximum absolute atomic E-state index is 6.06. The van der Waals surface area contributed by atoms with Crippen molar-refractivity contribution < 1.29 is 33.2 Å². The van der Waals surface area contributed by atoms with Crippen LogP contribution in [-0.2, 0) is 46.4 Å². The third-order valence-electron chi connectivity index (χ3n) is 4.50. The molecule has 7 heteroatoms. The van der Waals surface area contributed by atoms with E-state index < -0.39 is 12.6 Å². The molecule has 1 heterocycles. The molecule has 2 aromatic carbocycles. The summed E-state index contributed by atoms with van der Waals surface area (Å²) in [6.07, 6.45) is -1.43. The van der Waals surface area contributed by atoms with Crippen LogP contribution in [-0.4, -0.2) is 65.4 Å². The van der Waals surface area contributed by atoms with Gasteiger partial charge in [0, 0.05) is 0 Å². The lowest BCUT2D eigenvalue weighted by molar-refractivity contribution is -0.296. The van der Waals surface area contributed by atoms with Gasteiger partial charge in [-0.25, -0.2) is 0 Å². The van der Waals surface area contributed by atoms with Crippen LogP contribution < -0.4 is 0 Å². The summed E-state index contributed by atoms with van der Waals surface area (Å²) in [6.45, 7) is 4.37. The second kappa shape index (κ2) is 15.0. The third kappa shape index (κ3) is 9.88. The molecule has 0 N–H and O–H groups in total. The minimum atomic E-state index is -0.714. The standard InChI is InChI=1S/C24H32O7/c1-3-7-21(8-4-1)19-30-23-24(31-20-22-9-5-2-6-10-22)29-18-16-27-14-12-25-11-13-26-15-17-28-23/h1-10,23-24H,11-20H2. The van der Waals surface area contributed by atoms with E-state index in [1.165, 1.54) is 0 Å². The summed E-state index contributed by atoms with van der Waals surface area (Å²) < 4.78 is 40.6. The Kier molecular flexibility index (Phi) is 11.6. The molecule has 0 radical (unpaired) electrons. The van der Waals surface area contributed by atoms with E-state index in [0.29, 0.717) is 66.1 Å². The molecule has 170 valence electrons. The van der Waals surface area contributed by atoms with E-state index in [1.54, 1.807) is 0 Å². The van der Waals surface area contributed by atoms with Crippen molar-refractivity contribution in [2.24, 2.45) is 0 Å². The third-order valence-corrected chi connectivity index (χ3v) is 4.50. The first kappa shape index (κ1) is 23.8. The average Bonchev–Trinajstić information content (AvgIpc) is 2.83. The van der Waals surface area contributed by atoms with Crippen molar-refractivity contribution in [2.75, 3.05) is 52.9 Å². The largest absolute Gasteiger partial charge is 0.377 e. The second-order valence-corrected chi connectivity index (χ2v) is 6.91. The van der Waals surface area contributed by atoms with E-state index in [2.05, 4.69) is 0 Å². The smallest absolute Gasteiger partial charge is 0.209 e. The normalized spacial score (nSPS) is 22.3. The molecule has 1 aliphatic rings. The maximum atomic E-state index is 6.06. The molecule has 0 aromatic heterocycles. The average molecular weight is 433 g/mol. The first-order valence-corrected chi connectivity index (χ1v) is 10.7. The molecule has 2 unspecified atom stereocenters. The van der Waals surface area contributed by atoms with Crippen molar-refractivity contribution in [1.29, 1.82) is 0 Å². The van der Waals surface area contributed by atoms with Crippen LogP contribution in [0.1, 0.15) is 11.1 Å². The lowest BCUT2D eigenvalue weighted by Crippen LogP contribution is -2.38. The summed E-state index contributed by atoms with van der Waals surface area (Å²) in [4.78, 5) is 0. The number of hydrogen-bond donors (Lipinski definition) is 0. The number of hydrogen-bond acceptors (Lipinski definition) is 7. The van der Waals surface area contributed by atoms with Crippen molar-refractivity contribution in [1.82, 2.24) is 0 Å². The van der Waals surface area contributed by atoms with Gasteiger partial charge in [0.05, 0.1) is 66.1 Å². The van der Waals surface area contributed by atoms with Gasteiger partial charge in [0.25, 0.3) is 0 Å². The Hall–Kier alpha value is -1.84. The Bertz CT molecular complexity index is 623. The van der Waals surface area contributed by atoms with Crippen molar-refractivity contribution in [3.63, 3.8) is 0 Å². The molecule has 7 nitrogen and oxygen atoms in total. The predicted octanol–water partition coefficient (Wildman–Crippen LogP) is 3.17. The molecular formula is C24H32O7. The molecule has 2 aromatic rings. The van der Waals surface area contributed by atoms with Crippen LogP contribution in [0.15, 0.2) is 60.7 Å². The minimum Gasteiger partial charge on any atom is -0.377 e. The number of ether oxygens (including phenoxy) is 7. The molecular weight excluding hydrogens is 400 g/mol. The van der Waals surface area contributed by atoms with Gasteiger partial charge in [-0.1, -0.05) is 60.7 Å². The van der Waals surface area contributed by atoms with E-state index in [9.17, 15) is 0 Å². The maximum Gasteiger partial charge on any atom is 0.209 e. The van der Waals surface area contributed by atoms with Gasteiger partial charge in [0.1, 0.15) is 0 Å². The van der Waals surface area contributed by atoms with Crippen LogP contribution >= 0.6 is 0 Å². The highest BCUT2D eigenvalue weighted by Gasteiger charge is 2.25. The number of rotatable bonds is 6. The molecule has 2 atom stereocenters. The monoisotopic (exact) mass is 432 g/mol. The summed E-state index contributed by atoms with van der Waals surface area (Å²) in [5, 5.41) is 0. The van der Waals surface area contributed by atoms with Gasteiger partial charge in [0.15, 0.2) is 0 Å². The zero-order chi connectivity index (χ0) is 21.4.